The zero-order valence-electron chi connectivity index (χ0n) is 17.2. The number of nitrogens with one attached hydrogen (secondary N) is 1. The molecule has 156 valence electrons. The van der Waals surface area contributed by atoms with Crippen LogP contribution >= 0.6 is 23.4 Å². The van der Waals surface area contributed by atoms with E-state index in [9.17, 15) is 4.79 Å². The minimum atomic E-state index is -0.0961. The van der Waals surface area contributed by atoms with Gasteiger partial charge in [-0.2, -0.15) is 0 Å². The zero-order chi connectivity index (χ0) is 21.8. The highest BCUT2D eigenvalue weighted by atomic mass is 35.5. The van der Waals surface area contributed by atoms with Crippen molar-refractivity contribution in [2.45, 2.75) is 19.0 Å². The number of thioether (sulfide) groups is 1. The molecule has 0 bridgehead atoms. The minimum Gasteiger partial charge on any atom is -0.325 e. The number of hydrogen-bond acceptors (Lipinski definition) is 4. The number of hydrogen-bond donors (Lipinski definition) is 1. The molecule has 1 amide bonds. The van der Waals surface area contributed by atoms with Crippen LogP contribution in [0.15, 0.2) is 78.0 Å². The summed E-state index contributed by atoms with van der Waals surface area (Å²) >= 11 is 7.41. The van der Waals surface area contributed by atoms with E-state index in [-0.39, 0.29) is 11.7 Å². The summed E-state index contributed by atoms with van der Waals surface area (Å²) in [6.07, 6.45) is 0. The van der Waals surface area contributed by atoms with Crippen LogP contribution in [0.3, 0.4) is 0 Å². The van der Waals surface area contributed by atoms with E-state index >= 15 is 0 Å². The summed E-state index contributed by atoms with van der Waals surface area (Å²) in [6.45, 7) is 4.05. The second kappa shape index (κ2) is 9.37. The summed E-state index contributed by atoms with van der Waals surface area (Å²) < 4.78 is 1.99. The lowest BCUT2D eigenvalue weighted by Crippen LogP contribution is -2.14. The van der Waals surface area contributed by atoms with E-state index in [0.717, 1.165) is 28.1 Å². The quantitative estimate of drug-likeness (QED) is 0.371. The summed E-state index contributed by atoms with van der Waals surface area (Å²) in [5, 5.41) is 13.0. The van der Waals surface area contributed by atoms with Crippen molar-refractivity contribution in [1.29, 1.82) is 0 Å². The average Bonchev–Trinajstić information content (AvgIpc) is 3.18. The van der Waals surface area contributed by atoms with E-state index in [1.54, 1.807) is 0 Å². The third kappa shape index (κ3) is 4.98. The van der Waals surface area contributed by atoms with Crippen LogP contribution in [-0.4, -0.2) is 26.4 Å². The number of carbonyl (C=O) groups is 1. The molecule has 0 radical (unpaired) electrons. The first-order valence-corrected chi connectivity index (χ1v) is 11.1. The van der Waals surface area contributed by atoms with Crippen LogP contribution < -0.4 is 5.32 Å². The molecule has 7 heteroatoms. The van der Waals surface area contributed by atoms with Crippen molar-refractivity contribution in [1.82, 2.24) is 14.8 Å². The maximum Gasteiger partial charge on any atom is 0.234 e. The van der Waals surface area contributed by atoms with Gasteiger partial charge < -0.3 is 5.32 Å². The van der Waals surface area contributed by atoms with Crippen molar-refractivity contribution in [3.05, 3.63) is 88.9 Å². The largest absolute Gasteiger partial charge is 0.325 e. The van der Waals surface area contributed by atoms with Gasteiger partial charge in [-0.15, -0.1) is 10.2 Å². The molecule has 5 nitrogen and oxygen atoms in total. The van der Waals surface area contributed by atoms with Gasteiger partial charge in [-0.1, -0.05) is 59.3 Å². The molecular formula is C24H21ClN4OS. The van der Waals surface area contributed by atoms with Gasteiger partial charge in [-0.05, 0) is 61.9 Å². The Morgan fingerprint density at radius 1 is 0.968 bits per heavy atom. The second-order valence-electron chi connectivity index (χ2n) is 7.14. The predicted octanol–water partition coefficient (Wildman–Crippen LogP) is 5.94. The first-order chi connectivity index (χ1) is 15.0. The monoisotopic (exact) mass is 448 g/mol. The highest BCUT2D eigenvalue weighted by Crippen LogP contribution is 2.30. The molecule has 0 aliphatic carbocycles. The van der Waals surface area contributed by atoms with Gasteiger partial charge in [0.2, 0.25) is 5.91 Å². The smallest absolute Gasteiger partial charge is 0.234 e. The lowest BCUT2D eigenvalue weighted by Gasteiger charge is -2.13. The average molecular weight is 449 g/mol. The molecule has 4 aromatic rings. The molecule has 4 rings (SSSR count). The Kier molecular flexibility index (Phi) is 6.39. The number of carbonyl (C=O) groups excluding carboxylic acids is 1. The van der Waals surface area contributed by atoms with Crippen molar-refractivity contribution in [2.75, 3.05) is 11.1 Å². The molecule has 0 saturated carbocycles. The van der Waals surface area contributed by atoms with Crippen LogP contribution in [0, 0.1) is 13.8 Å². The zero-order valence-corrected chi connectivity index (χ0v) is 18.7. The SMILES string of the molecule is Cc1ccc(NC(=O)CSc2nnc(-c3ccc(Cl)cc3)n2-c2ccccc2C)cc1. The summed E-state index contributed by atoms with van der Waals surface area (Å²) in [4.78, 5) is 12.5. The van der Waals surface area contributed by atoms with Gasteiger partial charge in [0.15, 0.2) is 11.0 Å². The van der Waals surface area contributed by atoms with Gasteiger partial charge in [0, 0.05) is 16.3 Å². The number of aryl methyl sites for hydroxylation is 2. The Morgan fingerprint density at radius 2 is 1.68 bits per heavy atom. The minimum absolute atomic E-state index is 0.0961. The van der Waals surface area contributed by atoms with Gasteiger partial charge in [0.05, 0.1) is 11.4 Å². The third-order valence-electron chi connectivity index (χ3n) is 4.76. The fourth-order valence-electron chi connectivity index (χ4n) is 3.14. The molecule has 0 saturated heterocycles. The van der Waals surface area contributed by atoms with Gasteiger partial charge in [-0.3, -0.25) is 9.36 Å². The van der Waals surface area contributed by atoms with Crippen LogP contribution in [0.5, 0.6) is 0 Å². The van der Waals surface area contributed by atoms with Gasteiger partial charge in [0.25, 0.3) is 0 Å². The summed E-state index contributed by atoms with van der Waals surface area (Å²) in [5.41, 5.74) is 4.88. The normalized spacial score (nSPS) is 10.8. The number of nitrogens with zero attached hydrogens (tertiary/aromatic N) is 3. The molecule has 0 unspecified atom stereocenters. The maximum atomic E-state index is 12.5. The summed E-state index contributed by atoms with van der Waals surface area (Å²) in [6, 6.07) is 23.3. The van der Waals surface area contributed by atoms with Gasteiger partial charge in [0.1, 0.15) is 0 Å². The molecule has 1 N–H and O–H groups in total. The van der Waals surface area contributed by atoms with Crippen molar-refractivity contribution < 1.29 is 4.79 Å². The maximum absolute atomic E-state index is 12.5. The standard InChI is InChI=1S/C24H21ClN4OS/c1-16-7-13-20(14-8-16)26-22(30)15-31-24-28-27-23(18-9-11-19(25)12-10-18)29(24)21-6-4-3-5-17(21)2/h3-14H,15H2,1-2H3,(H,26,30). The Labute approximate surface area is 190 Å². The third-order valence-corrected chi connectivity index (χ3v) is 5.94. The van der Waals surface area contributed by atoms with Crippen LogP contribution in [0.25, 0.3) is 17.1 Å². The number of anilines is 1. The van der Waals surface area contributed by atoms with Crippen LogP contribution in [0.2, 0.25) is 5.02 Å². The molecule has 1 aromatic heterocycles. The number of benzene rings is 3. The second-order valence-corrected chi connectivity index (χ2v) is 8.52. The van der Waals surface area contributed by atoms with Crippen molar-refractivity contribution in [3.63, 3.8) is 0 Å². The van der Waals surface area contributed by atoms with Gasteiger partial charge >= 0.3 is 0 Å². The van der Waals surface area contributed by atoms with Gasteiger partial charge in [-0.25, -0.2) is 0 Å². The van der Waals surface area contributed by atoms with Crippen molar-refractivity contribution >= 4 is 35.0 Å². The molecule has 3 aromatic carbocycles. The van der Waals surface area contributed by atoms with E-state index < -0.39 is 0 Å². The van der Waals surface area contributed by atoms with Crippen LogP contribution in [0.4, 0.5) is 5.69 Å². The van der Waals surface area contributed by atoms with E-state index in [4.69, 9.17) is 11.6 Å². The number of amides is 1. The highest BCUT2D eigenvalue weighted by Gasteiger charge is 2.18. The Bertz CT molecular complexity index is 1200. The molecule has 0 aliphatic rings. The van der Waals surface area contributed by atoms with Crippen LogP contribution in [-0.2, 0) is 4.79 Å². The topological polar surface area (TPSA) is 59.8 Å². The molecule has 31 heavy (non-hydrogen) atoms. The highest BCUT2D eigenvalue weighted by molar-refractivity contribution is 7.99. The Hall–Kier alpha value is -3.09. The predicted molar refractivity (Wildman–Crippen MR) is 127 cm³/mol. The van der Waals surface area contributed by atoms with Crippen molar-refractivity contribution in [2.24, 2.45) is 0 Å². The van der Waals surface area contributed by atoms with Crippen molar-refractivity contribution in [3.8, 4) is 17.1 Å². The number of aromatic nitrogens is 3. The molecule has 0 spiro atoms. The first kappa shape index (κ1) is 21.2. The summed E-state index contributed by atoms with van der Waals surface area (Å²) in [5.74, 6) is 0.826. The van der Waals surface area contributed by atoms with E-state index in [2.05, 4.69) is 15.5 Å². The molecule has 0 aliphatic heterocycles. The Morgan fingerprint density at radius 3 is 2.39 bits per heavy atom. The van der Waals surface area contributed by atoms with E-state index in [1.165, 1.54) is 11.8 Å². The number of rotatable bonds is 6. The lowest BCUT2D eigenvalue weighted by molar-refractivity contribution is -0.113. The summed E-state index contributed by atoms with van der Waals surface area (Å²) in [7, 11) is 0. The fourth-order valence-corrected chi connectivity index (χ4v) is 4.02. The fraction of sp³-hybridized carbons (Fsp3) is 0.125. The molecular weight excluding hydrogens is 428 g/mol. The number of para-hydroxylation sites is 1. The van der Waals surface area contributed by atoms with Crippen LogP contribution in [0.1, 0.15) is 11.1 Å². The van der Waals surface area contributed by atoms with E-state index in [1.807, 2.05) is 91.2 Å². The first-order valence-electron chi connectivity index (χ1n) is 9.78. The molecule has 1 heterocycles. The molecule has 0 atom stereocenters. The lowest BCUT2D eigenvalue weighted by atomic mass is 10.1. The van der Waals surface area contributed by atoms with E-state index in [0.29, 0.717) is 16.0 Å². The Balaban J connectivity index is 1.61. The number of halogens is 1. The molecule has 0 fully saturated rings.